The summed E-state index contributed by atoms with van der Waals surface area (Å²) in [5, 5.41) is 14.8. The van der Waals surface area contributed by atoms with Gasteiger partial charge in [0.25, 0.3) is 0 Å². The lowest BCUT2D eigenvalue weighted by atomic mass is 10.4. The van der Waals surface area contributed by atoms with Crippen molar-refractivity contribution in [3.8, 4) is 21.5 Å². The van der Waals surface area contributed by atoms with Gasteiger partial charge in [-0.25, -0.2) is 4.98 Å². The van der Waals surface area contributed by atoms with Crippen molar-refractivity contribution in [2.45, 2.75) is 13.8 Å². The van der Waals surface area contributed by atoms with Crippen LogP contribution in [0.25, 0.3) is 26.4 Å². The molecule has 0 saturated carbocycles. The van der Waals surface area contributed by atoms with Crippen LogP contribution in [0.1, 0.15) is 10.7 Å². The van der Waals surface area contributed by atoms with Gasteiger partial charge in [-0.05, 0) is 26.0 Å². The van der Waals surface area contributed by atoms with Gasteiger partial charge in [0, 0.05) is 0 Å². The zero-order valence-corrected chi connectivity index (χ0v) is 12.3. The second kappa shape index (κ2) is 4.22. The number of aryl methyl sites for hydroxylation is 2. The molecule has 4 aromatic heterocycles. The fraction of sp³-hybridized carbons (Fsp3) is 0.167. The van der Waals surface area contributed by atoms with Crippen LogP contribution >= 0.6 is 22.7 Å². The van der Waals surface area contributed by atoms with Crippen LogP contribution in [0.3, 0.4) is 0 Å². The average molecular weight is 303 g/mol. The number of hydrogen-bond acceptors (Lipinski definition) is 7. The van der Waals surface area contributed by atoms with E-state index in [4.69, 9.17) is 4.42 Å². The van der Waals surface area contributed by atoms with Gasteiger partial charge in [0.2, 0.25) is 10.8 Å². The van der Waals surface area contributed by atoms with Gasteiger partial charge in [0.1, 0.15) is 0 Å². The van der Waals surface area contributed by atoms with E-state index in [-0.39, 0.29) is 0 Å². The first-order chi connectivity index (χ1) is 9.72. The van der Waals surface area contributed by atoms with E-state index in [1.807, 2.05) is 26.0 Å². The van der Waals surface area contributed by atoms with E-state index in [0.717, 1.165) is 25.5 Å². The first-order valence-corrected chi connectivity index (χ1v) is 7.56. The lowest BCUT2D eigenvalue weighted by Crippen LogP contribution is -1.89. The monoisotopic (exact) mass is 303 g/mol. The van der Waals surface area contributed by atoms with Crippen molar-refractivity contribution in [3.05, 3.63) is 29.1 Å². The van der Waals surface area contributed by atoms with Gasteiger partial charge in [-0.15, -0.1) is 21.5 Å². The lowest BCUT2D eigenvalue weighted by Gasteiger charge is -1.91. The molecule has 0 aromatic carbocycles. The highest BCUT2D eigenvalue weighted by atomic mass is 32.1. The van der Waals surface area contributed by atoms with Crippen molar-refractivity contribution in [2.24, 2.45) is 0 Å². The summed E-state index contributed by atoms with van der Waals surface area (Å²) in [5.41, 5.74) is 0.997. The Morgan fingerprint density at radius 2 is 2.10 bits per heavy atom. The standard InChI is InChI=1S/C12H9N5OS2/c1-6-9(19-7(2)13-6)11-16-17-10(8-4-3-5-18-8)14-15-12(17)20-11/h3-5H,1-2H3. The van der Waals surface area contributed by atoms with Crippen LogP contribution in [0.4, 0.5) is 0 Å². The summed E-state index contributed by atoms with van der Waals surface area (Å²) in [6.45, 7) is 3.99. The minimum atomic E-state index is 0.617. The first-order valence-electron chi connectivity index (χ1n) is 5.93. The molecular formula is C12H9N5OS2. The number of nitrogens with zero attached hydrogens (tertiary/aromatic N) is 5. The van der Waals surface area contributed by atoms with Crippen molar-refractivity contribution >= 4 is 27.6 Å². The van der Waals surface area contributed by atoms with Gasteiger partial charge >= 0.3 is 0 Å². The van der Waals surface area contributed by atoms with Crippen LogP contribution < -0.4 is 0 Å². The summed E-state index contributed by atoms with van der Waals surface area (Å²) in [4.78, 5) is 6.27. The van der Waals surface area contributed by atoms with Crippen LogP contribution in [0.15, 0.2) is 22.8 Å². The fourth-order valence-electron chi connectivity index (χ4n) is 2.00. The van der Waals surface area contributed by atoms with Gasteiger partial charge in [0.05, 0.1) is 21.8 Å². The Balaban J connectivity index is 1.90. The molecule has 6 nitrogen and oxygen atoms in total. The van der Waals surface area contributed by atoms with E-state index in [0.29, 0.717) is 11.6 Å². The highest BCUT2D eigenvalue weighted by Gasteiger charge is 2.18. The van der Waals surface area contributed by atoms with Crippen LogP contribution in [-0.2, 0) is 0 Å². The summed E-state index contributed by atoms with van der Waals surface area (Å²) in [7, 11) is 0. The summed E-state index contributed by atoms with van der Waals surface area (Å²) in [6.07, 6.45) is 1.61. The van der Waals surface area contributed by atoms with E-state index >= 15 is 0 Å². The minimum Gasteiger partial charge on any atom is -0.461 e. The molecule has 0 aliphatic carbocycles. The van der Waals surface area contributed by atoms with Gasteiger partial charge in [0.15, 0.2) is 10.8 Å². The maximum Gasteiger partial charge on any atom is 0.235 e. The number of rotatable bonds is 2. The second-order valence-electron chi connectivity index (χ2n) is 4.25. The molecule has 0 unspecified atom stereocenters. The van der Waals surface area contributed by atoms with Crippen molar-refractivity contribution in [1.82, 2.24) is 24.8 Å². The van der Waals surface area contributed by atoms with Crippen molar-refractivity contribution in [1.29, 1.82) is 0 Å². The molecule has 20 heavy (non-hydrogen) atoms. The molecule has 0 N–H and O–H groups in total. The van der Waals surface area contributed by atoms with Crippen LogP contribution in [0.5, 0.6) is 0 Å². The predicted octanol–water partition coefficient (Wildman–Crippen LogP) is 3.19. The van der Waals surface area contributed by atoms with Crippen molar-refractivity contribution < 1.29 is 4.42 Å². The van der Waals surface area contributed by atoms with E-state index in [1.165, 1.54) is 11.3 Å². The normalized spacial score (nSPS) is 11.5. The third-order valence-electron chi connectivity index (χ3n) is 2.83. The molecule has 0 saturated heterocycles. The van der Waals surface area contributed by atoms with E-state index in [9.17, 15) is 0 Å². The van der Waals surface area contributed by atoms with E-state index in [1.54, 1.807) is 22.1 Å². The number of fused-ring (bicyclic) bond motifs is 1. The number of hydrogen-bond donors (Lipinski definition) is 0. The minimum absolute atomic E-state index is 0.617. The molecule has 0 fully saturated rings. The highest BCUT2D eigenvalue weighted by molar-refractivity contribution is 7.24. The molecular weight excluding hydrogens is 294 g/mol. The zero-order valence-electron chi connectivity index (χ0n) is 10.7. The van der Waals surface area contributed by atoms with Crippen LogP contribution in [0, 0.1) is 13.8 Å². The molecule has 8 heteroatoms. The average Bonchev–Trinajstić information content (AvgIpc) is 3.11. The Morgan fingerprint density at radius 3 is 2.80 bits per heavy atom. The highest BCUT2D eigenvalue weighted by Crippen LogP contribution is 2.33. The van der Waals surface area contributed by atoms with Crippen LogP contribution in [0.2, 0.25) is 0 Å². The van der Waals surface area contributed by atoms with Crippen molar-refractivity contribution in [2.75, 3.05) is 0 Å². The summed E-state index contributed by atoms with van der Waals surface area (Å²) in [6, 6.07) is 3.66. The third kappa shape index (κ3) is 1.69. The number of furan rings is 1. The molecule has 0 aliphatic rings. The molecule has 0 aliphatic heterocycles. The molecule has 4 heterocycles. The Hall–Kier alpha value is -2.06. The molecule has 100 valence electrons. The second-order valence-corrected chi connectivity index (χ2v) is 6.41. The van der Waals surface area contributed by atoms with Crippen molar-refractivity contribution in [3.63, 3.8) is 0 Å². The van der Waals surface area contributed by atoms with E-state index < -0.39 is 0 Å². The summed E-state index contributed by atoms with van der Waals surface area (Å²) in [5.74, 6) is 1.28. The predicted molar refractivity (Wildman–Crippen MR) is 76.9 cm³/mol. The molecule has 0 atom stereocenters. The molecule has 0 spiro atoms. The van der Waals surface area contributed by atoms with Gasteiger partial charge < -0.3 is 4.42 Å². The topological polar surface area (TPSA) is 69.1 Å². The quantitative estimate of drug-likeness (QED) is 0.569. The maximum atomic E-state index is 5.36. The molecule has 4 aromatic rings. The lowest BCUT2D eigenvalue weighted by molar-refractivity contribution is 0.575. The smallest absolute Gasteiger partial charge is 0.235 e. The molecule has 0 amide bonds. The number of thiazole rings is 1. The number of aromatic nitrogens is 5. The Kier molecular flexibility index (Phi) is 2.48. The largest absolute Gasteiger partial charge is 0.461 e. The zero-order chi connectivity index (χ0) is 13.7. The van der Waals surface area contributed by atoms with Gasteiger partial charge in [-0.3, -0.25) is 0 Å². The Bertz CT molecular complexity index is 887. The first kappa shape index (κ1) is 11.7. The van der Waals surface area contributed by atoms with Gasteiger partial charge in [-0.1, -0.05) is 11.3 Å². The van der Waals surface area contributed by atoms with E-state index in [2.05, 4.69) is 20.3 Å². The van der Waals surface area contributed by atoms with Crippen LogP contribution in [-0.4, -0.2) is 24.8 Å². The van der Waals surface area contributed by atoms with Gasteiger partial charge in [-0.2, -0.15) is 9.61 Å². The summed E-state index contributed by atoms with van der Waals surface area (Å²) >= 11 is 3.14. The third-order valence-corrected chi connectivity index (χ3v) is 4.96. The Morgan fingerprint density at radius 1 is 1.20 bits per heavy atom. The Labute approximate surface area is 121 Å². The fourth-order valence-corrected chi connectivity index (χ4v) is 3.88. The summed E-state index contributed by atoms with van der Waals surface area (Å²) < 4.78 is 7.08. The SMILES string of the molecule is Cc1nc(C)c(-c2nn3c(-c4ccco4)nnc3s2)s1. The molecule has 4 rings (SSSR count). The maximum absolute atomic E-state index is 5.36. The molecule has 0 radical (unpaired) electrons. The molecule has 0 bridgehead atoms.